The quantitative estimate of drug-likeness (QED) is 0.0345. The van der Waals surface area contributed by atoms with Crippen LogP contribution in [-0.2, 0) is 76.0 Å². The minimum atomic E-state index is -2.06. The molecule has 39 atom stereocenters. The van der Waals surface area contributed by atoms with Crippen LogP contribution in [0.15, 0.2) is 11.6 Å². The Bertz CT molecular complexity index is 2960. The Labute approximate surface area is 587 Å². The van der Waals surface area contributed by atoms with Crippen molar-refractivity contribution in [1.29, 1.82) is 0 Å². The second kappa shape index (κ2) is 30.1. The van der Waals surface area contributed by atoms with Crippen molar-refractivity contribution in [2.24, 2.45) is 50.2 Å². The SMILES string of the molecule is CC(=O)O[C@@H]1[C@H](O)[C@@H](O[C@@H]2O[C@@H](C)[C@H](O[C@@H]3OC[C@@H](O[C@@H]4O[C@H](CO)[C@H](O)[C@H](O)[C@H]4O)[C@H](O)[C@H]3O)[C@@H](O)[C@H]2O)[C@H](OC(=O)[C@]23CCC(C)(C)C[C@H]2C2=CC[C@@H]4[C@@]5(C)C[C@H](O)[C@H](O[C@@H]6O[C@H](CO)[C@@H](O)[C@H](O)[C@H]6O[C@@H]6O[C@H](CO)[C@@H](O)[C@H](O)[C@H]6O)[C@@](C)(C(=O)O)[C@@H]5CC[C@@]4(C)[C@]2(CO)CC3)O[C@@H]1C. The van der Waals surface area contributed by atoms with Crippen molar-refractivity contribution in [2.45, 2.75) is 304 Å². The molecular weight excluding hydrogens is 1360 g/mol. The second-order valence-corrected chi connectivity index (χ2v) is 31.8. The molecule has 584 valence electrons. The molecule has 6 aliphatic heterocycles. The monoisotopic (exact) mass is 1470 g/mol. The fourth-order valence-corrected chi connectivity index (χ4v) is 19.6. The van der Waals surface area contributed by atoms with E-state index in [9.17, 15) is 107 Å². The average Bonchev–Trinajstić information content (AvgIpc) is 0.669. The standard InChI is InChI=1S/C67H106O35/c1-24-49(98-54-44(82)39(77)33(22-90-54)97-56-45(83)40(78)36(74)30(19-68)94-56)43(81)47(85)55(91-24)100-52-48(86)50(93-26(3)72)25(2)92-58(52)102-61(89)66-14-13-62(4,5)17-28(66)27-9-10-34-63(6)18-29(73)53(65(8,60(87)88)35(63)11-12-64(34,7)67(27,23-71)16-15-66)101-59-51(42(80)38(76)32(21-70)96-59)99-57-46(84)41(79)37(75)31(20-69)95-57/h9,24-25,28-59,68-71,73-86H,10-23H2,1-8H3,(H,87,88)/t24-,25+,28-,29-,30+,31+,32+,33+,34+,35+,36-,37+,38+,39-,40-,41-,42-,43-,44+,45+,46+,47+,48-,49-,50-,51+,52+,53-,54-,55-,56-,57-,58-,59-,63+,64+,65-,66-,67-/m0/s1. The van der Waals surface area contributed by atoms with Crippen molar-refractivity contribution in [3.8, 4) is 0 Å². The molecule has 11 aliphatic rings. The molecule has 6 saturated heterocycles. The minimum absolute atomic E-state index is 0.0898. The van der Waals surface area contributed by atoms with Gasteiger partial charge in [0.25, 0.3) is 0 Å². The molecule has 0 radical (unpaired) electrons. The number of carboxylic acid groups (broad SMARTS) is 1. The van der Waals surface area contributed by atoms with Crippen molar-refractivity contribution in [3.63, 3.8) is 0 Å². The van der Waals surface area contributed by atoms with E-state index >= 15 is 4.79 Å². The van der Waals surface area contributed by atoms with Gasteiger partial charge in [-0.15, -0.1) is 0 Å². The molecule has 0 aromatic rings. The molecule has 0 unspecified atom stereocenters. The first-order valence-corrected chi connectivity index (χ1v) is 35.3. The maximum Gasteiger partial charge on any atom is 0.315 e. The van der Waals surface area contributed by atoms with E-state index in [0.717, 1.165) is 12.5 Å². The van der Waals surface area contributed by atoms with E-state index < -0.39 is 292 Å². The molecule has 10 fully saturated rings. The lowest BCUT2D eigenvalue weighted by Crippen LogP contribution is -2.71. The summed E-state index contributed by atoms with van der Waals surface area (Å²) in [5.74, 6) is -4.86. The van der Waals surface area contributed by atoms with Crippen LogP contribution < -0.4 is 0 Å². The number of hydrogen-bond acceptors (Lipinski definition) is 34. The van der Waals surface area contributed by atoms with Crippen LogP contribution in [0, 0.1) is 50.2 Å². The maximum absolute atomic E-state index is 15.8. The van der Waals surface area contributed by atoms with Crippen LogP contribution >= 0.6 is 0 Å². The van der Waals surface area contributed by atoms with Gasteiger partial charge in [0.05, 0.1) is 62.2 Å². The van der Waals surface area contributed by atoms with Crippen molar-refractivity contribution in [2.75, 3.05) is 33.0 Å². The van der Waals surface area contributed by atoms with Gasteiger partial charge in [0.2, 0.25) is 6.29 Å². The number of ether oxygens (including phenoxy) is 13. The van der Waals surface area contributed by atoms with Crippen LogP contribution in [0.4, 0.5) is 0 Å². The van der Waals surface area contributed by atoms with Crippen LogP contribution in [0.3, 0.4) is 0 Å². The molecule has 4 saturated carbocycles. The summed E-state index contributed by atoms with van der Waals surface area (Å²) >= 11 is 0. The highest BCUT2D eigenvalue weighted by atomic mass is 16.8. The maximum atomic E-state index is 15.8. The average molecular weight is 1470 g/mol. The highest BCUT2D eigenvalue weighted by molar-refractivity contribution is 5.79. The lowest BCUT2D eigenvalue weighted by atomic mass is 9.33. The van der Waals surface area contributed by atoms with E-state index in [4.69, 9.17) is 61.6 Å². The van der Waals surface area contributed by atoms with Gasteiger partial charge in [-0.2, -0.15) is 0 Å². The molecule has 19 N–H and O–H groups in total. The number of aliphatic hydroxyl groups excluding tert-OH is 18. The number of aliphatic carboxylic acids is 1. The van der Waals surface area contributed by atoms with Gasteiger partial charge in [-0.1, -0.05) is 39.3 Å². The summed E-state index contributed by atoms with van der Waals surface area (Å²) in [7, 11) is 0. The Morgan fingerprint density at radius 1 is 0.500 bits per heavy atom. The van der Waals surface area contributed by atoms with Crippen LogP contribution in [0.1, 0.15) is 113 Å². The third-order valence-corrected chi connectivity index (χ3v) is 25.5. The smallest absolute Gasteiger partial charge is 0.315 e. The van der Waals surface area contributed by atoms with Crippen molar-refractivity contribution in [1.82, 2.24) is 0 Å². The number of fused-ring (bicyclic) bond motifs is 7. The number of rotatable bonds is 18. The van der Waals surface area contributed by atoms with E-state index in [1.165, 1.54) is 20.8 Å². The fourth-order valence-electron chi connectivity index (χ4n) is 19.6. The third kappa shape index (κ3) is 13.5. The number of esters is 2. The second-order valence-electron chi connectivity index (χ2n) is 31.8. The van der Waals surface area contributed by atoms with E-state index in [1.54, 1.807) is 0 Å². The molecule has 35 heteroatoms. The number of carbonyl (C=O) groups excluding carboxylic acids is 2. The van der Waals surface area contributed by atoms with Gasteiger partial charge >= 0.3 is 17.9 Å². The molecule has 5 aliphatic carbocycles. The molecule has 6 heterocycles. The summed E-state index contributed by atoms with van der Waals surface area (Å²) in [5.41, 5.74) is -5.92. The van der Waals surface area contributed by atoms with Gasteiger partial charge in [-0.3, -0.25) is 14.4 Å². The lowest BCUT2D eigenvalue weighted by molar-refractivity contribution is -0.382. The topological polar surface area (TPSA) is 556 Å². The van der Waals surface area contributed by atoms with Gasteiger partial charge in [-0.25, -0.2) is 0 Å². The van der Waals surface area contributed by atoms with Crippen LogP contribution in [0.25, 0.3) is 0 Å². The number of aliphatic hydroxyl groups is 18. The summed E-state index contributed by atoms with van der Waals surface area (Å²) in [4.78, 5) is 42.5. The number of carboxylic acids is 1. The summed E-state index contributed by atoms with van der Waals surface area (Å²) in [6.45, 7) is 10.0. The zero-order valence-electron chi connectivity index (χ0n) is 58.1. The van der Waals surface area contributed by atoms with E-state index in [0.29, 0.717) is 19.3 Å². The summed E-state index contributed by atoms with van der Waals surface area (Å²) in [6, 6.07) is 0. The Balaban J connectivity index is 0.823. The van der Waals surface area contributed by atoms with E-state index in [2.05, 4.69) is 20.8 Å². The molecule has 0 aromatic carbocycles. The zero-order chi connectivity index (χ0) is 74.7. The Kier molecular flexibility index (Phi) is 23.6. The van der Waals surface area contributed by atoms with E-state index in [1.807, 2.05) is 13.0 Å². The van der Waals surface area contributed by atoms with Crippen LogP contribution in [-0.4, -0.2) is 338 Å². The number of carbonyl (C=O) groups is 3. The molecule has 0 spiro atoms. The highest BCUT2D eigenvalue weighted by Crippen LogP contribution is 2.76. The van der Waals surface area contributed by atoms with Crippen molar-refractivity contribution >= 4 is 17.9 Å². The van der Waals surface area contributed by atoms with Crippen molar-refractivity contribution < 1.29 is 173 Å². The first kappa shape index (κ1) is 80.0. The first-order valence-electron chi connectivity index (χ1n) is 35.3. The number of hydrogen-bond donors (Lipinski definition) is 19. The van der Waals surface area contributed by atoms with Gasteiger partial charge in [0.1, 0.15) is 122 Å². The summed E-state index contributed by atoms with van der Waals surface area (Å²) < 4.78 is 77.1. The van der Waals surface area contributed by atoms with Gasteiger partial charge in [0, 0.05) is 12.3 Å². The third-order valence-electron chi connectivity index (χ3n) is 25.5. The lowest BCUT2D eigenvalue weighted by Gasteiger charge is -2.71. The number of allylic oxidation sites excluding steroid dienone is 1. The Morgan fingerprint density at radius 3 is 1.58 bits per heavy atom. The predicted octanol–water partition coefficient (Wildman–Crippen LogP) is -6.11. The predicted molar refractivity (Wildman–Crippen MR) is 334 cm³/mol. The molecule has 11 rings (SSSR count). The minimum Gasteiger partial charge on any atom is -0.481 e. The summed E-state index contributed by atoms with van der Waals surface area (Å²) in [6.07, 6.45) is -49.6. The molecule has 0 aromatic heterocycles. The first-order chi connectivity index (χ1) is 47.8. The largest absolute Gasteiger partial charge is 0.481 e. The van der Waals surface area contributed by atoms with Crippen LogP contribution in [0.2, 0.25) is 0 Å². The molecule has 35 nitrogen and oxygen atoms in total. The van der Waals surface area contributed by atoms with E-state index in [-0.39, 0.29) is 38.5 Å². The Hall–Kier alpha value is -3.01. The fraction of sp³-hybridized carbons (Fsp3) is 0.925. The van der Waals surface area contributed by atoms with Gasteiger partial charge in [0.15, 0.2) is 43.7 Å². The Morgan fingerprint density at radius 2 is 1.00 bits per heavy atom. The zero-order valence-corrected chi connectivity index (χ0v) is 58.1. The van der Waals surface area contributed by atoms with Crippen molar-refractivity contribution in [3.05, 3.63) is 11.6 Å². The normalized spacial score (nSPS) is 53.2. The van der Waals surface area contributed by atoms with Gasteiger partial charge < -0.3 is 159 Å². The molecular formula is C67H106O35. The molecule has 0 amide bonds. The molecule has 0 bridgehead atoms. The summed E-state index contributed by atoms with van der Waals surface area (Å²) in [5, 5.41) is 210. The van der Waals surface area contributed by atoms with Gasteiger partial charge in [-0.05, 0) is 113 Å². The van der Waals surface area contributed by atoms with Crippen LogP contribution in [0.5, 0.6) is 0 Å². The molecule has 102 heavy (non-hydrogen) atoms. The highest BCUT2D eigenvalue weighted by Gasteiger charge is 2.74.